The van der Waals surface area contributed by atoms with Crippen molar-refractivity contribution < 1.29 is 53.8 Å². The summed E-state index contributed by atoms with van der Waals surface area (Å²) >= 11 is 0. The molecule has 2 aliphatic rings. The Kier molecular flexibility index (Phi) is 9.19. The number of nitrogens with zero attached hydrogens (tertiary/aromatic N) is 3. The van der Waals surface area contributed by atoms with Gasteiger partial charge in [-0.05, 0) is 45.2 Å². The number of rotatable bonds is 8. The molecule has 1 N–H and O–H groups in total. The molecule has 0 amide bonds. The third kappa shape index (κ3) is 7.38. The average Bonchev–Trinajstić information content (AvgIpc) is 2.98. The van der Waals surface area contributed by atoms with Crippen molar-refractivity contribution in [2.45, 2.75) is 94.0 Å². The molecule has 8 nitrogen and oxygen atoms in total. The molecule has 1 fully saturated rings. The predicted molar refractivity (Wildman–Crippen MR) is 145 cm³/mol. The average molecular weight is 656 g/mol. The quantitative estimate of drug-likeness (QED) is 0.324. The molecule has 4 rings (SSSR count). The molecule has 16 heteroatoms. The first-order valence-corrected chi connectivity index (χ1v) is 15.2. The van der Waals surface area contributed by atoms with Crippen molar-refractivity contribution in [2.24, 2.45) is 0 Å². The Hall–Kier alpha value is -3.14. The zero-order valence-electron chi connectivity index (χ0n) is 24.1. The highest BCUT2D eigenvalue weighted by molar-refractivity contribution is 7.89. The van der Waals surface area contributed by atoms with Gasteiger partial charge in [-0.3, -0.25) is 0 Å². The maximum atomic E-state index is 14.4. The van der Waals surface area contributed by atoms with Gasteiger partial charge in [0.15, 0.2) is 5.69 Å². The molecule has 0 radical (unpaired) electrons. The number of carboxylic acid groups (broad SMARTS) is 1. The second kappa shape index (κ2) is 12.0. The molecule has 0 unspecified atom stereocenters. The van der Waals surface area contributed by atoms with E-state index in [0.29, 0.717) is 24.8 Å². The van der Waals surface area contributed by atoms with Gasteiger partial charge < -0.3 is 14.7 Å². The number of carboxylic acids is 1. The topological polar surface area (TPSA) is 100 Å². The number of sulfonamides is 1. The minimum atomic E-state index is -5.08. The van der Waals surface area contributed by atoms with Crippen LogP contribution in [0.1, 0.15) is 72.8 Å². The molecule has 244 valence electrons. The van der Waals surface area contributed by atoms with E-state index in [0.717, 1.165) is 11.4 Å². The Balaban J connectivity index is 1.85. The summed E-state index contributed by atoms with van der Waals surface area (Å²) in [6, 6.07) is 2.08. The second-order valence-electron chi connectivity index (χ2n) is 11.4. The number of aromatic carboxylic acids is 1. The molecule has 2 heterocycles. The van der Waals surface area contributed by atoms with Crippen LogP contribution in [0.25, 0.3) is 0 Å². The monoisotopic (exact) mass is 655 g/mol. The summed E-state index contributed by atoms with van der Waals surface area (Å²) in [5, 5.41) is 9.48. The number of fused-ring (bicyclic) bond motifs is 1. The van der Waals surface area contributed by atoms with Crippen molar-refractivity contribution in [3.8, 4) is 5.75 Å². The highest BCUT2D eigenvalue weighted by Crippen LogP contribution is 2.46. The number of pyridine rings is 1. The lowest BCUT2D eigenvalue weighted by Crippen LogP contribution is -2.47. The van der Waals surface area contributed by atoms with Crippen LogP contribution in [0, 0.1) is 6.92 Å². The number of ether oxygens (including phenoxy) is 1. The highest BCUT2D eigenvalue weighted by atomic mass is 32.2. The standard InChI is InChI=1S/C28H32F7N3O5S/c1-16-4-5-17(24(36-16)25(39)40)15-43-22-13-23-21(12-20(22)28(33,34)35)38(18-7-10-27(31,32)11-8-18)14-19(6-9-26(2,29)30)37(3)44(23,41)42/h4-5,12-13,18-19H,6-11,14-15H2,1-3H3,(H,39,40)/t19-/m1/s1. The summed E-state index contributed by atoms with van der Waals surface area (Å²) in [6.07, 6.45) is -7.62. The second-order valence-corrected chi connectivity index (χ2v) is 13.4. The summed E-state index contributed by atoms with van der Waals surface area (Å²) in [5.74, 6) is -8.52. The third-order valence-electron chi connectivity index (χ3n) is 8.00. The van der Waals surface area contributed by atoms with Crippen LogP contribution < -0.4 is 9.64 Å². The van der Waals surface area contributed by atoms with Crippen LogP contribution in [0.4, 0.5) is 36.4 Å². The van der Waals surface area contributed by atoms with E-state index in [1.165, 1.54) is 24.0 Å². The van der Waals surface area contributed by atoms with Crippen LogP contribution in [0.5, 0.6) is 5.75 Å². The first-order valence-electron chi connectivity index (χ1n) is 13.8. The number of likely N-dealkylation sites (N-methyl/N-ethyl adjacent to an activating group) is 1. The molecule has 1 aromatic heterocycles. The van der Waals surface area contributed by atoms with Gasteiger partial charge in [-0.15, -0.1) is 0 Å². The van der Waals surface area contributed by atoms with Gasteiger partial charge in [0, 0.05) is 62.3 Å². The van der Waals surface area contributed by atoms with E-state index in [9.17, 15) is 49.1 Å². The molecule has 1 aromatic carbocycles. The maximum absolute atomic E-state index is 14.4. The number of benzene rings is 1. The highest BCUT2D eigenvalue weighted by Gasteiger charge is 2.45. The van der Waals surface area contributed by atoms with Gasteiger partial charge in [0.05, 0.1) is 11.3 Å². The molecule has 1 atom stereocenters. The smallest absolute Gasteiger partial charge is 0.420 e. The summed E-state index contributed by atoms with van der Waals surface area (Å²) in [7, 11) is -3.49. The molecular weight excluding hydrogens is 623 g/mol. The summed E-state index contributed by atoms with van der Waals surface area (Å²) < 4.78 is 133. The van der Waals surface area contributed by atoms with Gasteiger partial charge >= 0.3 is 12.1 Å². The molecule has 44 heavy (non-hydrogen) atoms. The molecule has 1 aliphatic heterocycles. The minimum absolute atomic E-state index is 0.0727. The molecule has 0 bridgehead atoms. The number of hydrogen-bond donors (Lipinski definition) is 1. The van der Waals surface area contributed by atoms with Crippen LogP contribution in [-0.4, -0.2) is 66.3 Å². The van der Waals surface area contributed by atoms with Gasteiger partial charge in [-0.1, -0.05) is 6.07 Å². The van der Waals surface area contributed by atoms with Gasteiger partial charge in [-0.2, -0.15) is 17.5 Å². The predicted octanol–water partition coefficient (Wildman–Crippen LogP) is 6.51. The van der Waals surface area contributed by atoms with Crippen molar-refractivity contribution in [3.05, 3.63) is 46.8 Å². The third-order valence-corrected chi connectivity index (χ3v) is 9.94. The fourth-order valence-electron chi connectivity index (χ4n) is 5.53. The van der Waals surface area contributed by atoms with Crippen LogP contribution in [0.15, 0.2) is 29.2 Å². The lowest BCUT2D eigenvalue weighted by molar-refractivity contribution is -0.139. The zero-order chi connectivity index (χ0) is 32.8. The summed E-state index contributed by atoms with van der Waals surface area (Å²) in [6.45, 7) is 1.17. The fraction of sp³-hybridized carbons (Fsp3) is 0.571. The first-order chi connectivity index (χ1) is 20.2. The maximum Gasteiger partial charge on any atom is 0.420 e. The largest absolute Gasteiger partial charge is 0.488 e. The Labute approximate surface area is 249 Å². The van der Waals surface area contributed by atoms with Crippen molar-refractivity contribution in [2.75, 3.05) is 18.5 Å². The van der Waals surface area contributed by atoms with E-state index in [2.05, 4.69) is 4.98 Å². The number of carbonyl (C=O) groups is 1. The lowest BCUT2D eigenvalue weighted by atomic mass is 9.90. The van der Waals surface area contributed by atoms with Crippen molar-refractivity contribution >= 4 is 21.7 Å². The Morgan fingerprint density at radius 2 is 1.77 bits per heavy atom. The van der Waals surface area contributed by atoms with Gasteiger partial charge in [0.25, 0.3) is 0 Å². The Morgan fingerprint density at radius 3 is 2.34 bits per heavy atom. The molecule has 0 saturated heterocycles. The van der Waals surface area contributed by atoms with Gasteiger partial charge in [-0.25, -0.2) is 35.8 Å². The summed E-state index contributed by atoms with van der Waals surface area (Å²) in [4.78, 5) is 16.2. The molecule has 0 spiro atoms. The number of halogens is 7. The Morgan fingerprint density at radius 1 is 1.14 bits per heavy atom. The summed E-state index contributed by atoms with van der Waals surface area (Å²) in [5.41, 5.74) is -1.98. The molecular formula is C28H32F7N3O5S. The molecule has 2 aromatic rings. The molecule has 1 saturated carbocycles. The normalized spacial score (nSPS) is 21.0. The van der Waals surface area contributed by atoms with Crippen molar-refractivity contribution in [3.63, 3.8) is 0 Å². The number of anilines is 1. The van der Waals surface area contributed by atoms with Crippen molar-refractivity contribution in [1.82, 2.24) is 9.29 Å². The number of alkyl halides is 7. The first kappa shape index (κ1) is 33.7. The minimum Gasteiger partial charge on any atom is -0.488 e. The number of aryl methyl sites for hydroxylation is 1. The van der Waals surface area contributed by atoms with Gasteiger partial charge in [0.2, 0.25) is 21.9 Å². The Bertz CT molecular complexity index is 1500. The van der Waals surface area contributed by atoms with Crippen LogP contribution in [0.2, 0.25) is 0 Å². The molecule has 1 aliphatic carbocycles. The van der Waals surface area contributed by atoms with E-state index in [-0.39, 0.29) is 31.4 Å². The SMILES string of the molecule is Cc1ccc(COc2cc3c(cc2C(F)(F)F)N(C2CCC(F)(F)CC2)C[C@@H](CCC(C)(F)F)N(C)S3(=O)=O)c(C(=O)O)n1. The van der Waals surface area contributed by atoms with Crippen LogP contribution in [0.3, 0.4) is 0 Å². The van der Waals surface area contributed by atoms with E-state index in [1.807, 2.05) is 0 Å². The lowest BCUT2D eigenvalue weighted by Gasteiger charge is -2.40. The van der Waals surface area contributed by atoms with Gasteiger partial charge in [0.1, 0.15) is 17.3 Å². The van der Waals surface area contributed by atoms with E-state index in [1.54, 1.807) is 0 Å². The van der Waals surface area contributed by atoms with E-state index >= 15 is 0 Å². The van der Waals surface area contributed by atoms with Crippen molar-refractivity contribution in [1.29, 1.82) is 0 Å². The number of hydrogen-bond acceptors (Lipinski definition) is 6. The van der Waals surface area contributed by atoms with Crippen LogP contribution in [-0.2, 0) is 22.8 Å². The number of aromatic nitrogens is 1. The van der Waals surface area contributed by atoms with Crippen LogP contribution >= 0.6 is 0 Å². The van der Waals surface area contributed by atoms with E-state index < -0.39 is 99.6 Å². The van der Waals surface area contributed by atoms with E-state index in [4.69, 9.17) is 4.74 Å². The zero-order valence-corrected chi connectivity index (χ0v) is 24.9. The fourth-order valence-corrected chi connectivity index (χ4v) is 7.10.